The van der Waals surface area contributed by atoms with Gasteiger partial charge in [0, 0.05) is 24.2 Å². The molecule has 1 aliphatic carbocycles. The van der Waals surface area contributed by atoms with Gasteiger partial charge in [0.25, 0.3) is 0 Å². The van der Waals surface area contributed by atoms with Crippen molar-refractivity contribution in [2.24, 2.45) is 7.05 Å². The molecule has 23 heavy (non-hydrogen) atoms. The third kappa shape index (κ3) is 2.52. The molecule has 1 aliphatic rings. The fourth-order valence-corrected chi connectivity index (χ4v) is 3.52. The Kier molecular flexibility index (Phi) is 3.39. The number of nitrogens with one attached hydrogen (secondary N) is 1. The Bertz CT molecular complexity index is 921. The van der Waals surface area contributed by atoms with Crippen molar-refractivity contribution in [3.63, 3.8) is 0 Å². The molecule has 7 heteroatoms. The molecule has 5 nitrogen and oxygen atoms in total. The summed E-state index contributed by atoms with van der Waals surface area (Å²) in [6.07, 6.45) is 3.05. The highest BCUT2D eigenvalue weighted by atomic mass is 35.5. The zero-order valence-corrected chi connectivity index (χ0v) is 14.4. The van der Waals surface area contributed by atoms with Crippen LogP contribution in [0.3, 0.4) is 0 Å². The molecule has 118 valence electrons. The summed E-state index contributed by atoms with van der Waals surface area (Å²) in [5, 5.41) is 12.6. The maximum absolute atomic E-state index is 5.97. The number of hydrogen-bond acceptors (Lipinski definition) is 3. The second-order valence-electron chi connectivity index (χ2n) is 6.00. The van der Waals surface area contributed by atoms with Gasteiger partial charge in [-0.2, -0.15) is 10.2 Å². The quantitative estimate of drug-likeness (QED) is 0.732. The molecule has 0 bridgehead atoms. The highest BCUT2D eigenvalue weighted by Gasteiger charge is 2.43. The standard InChI is InChI=1S/C16H16ClN5S/c1-9-14(8-21(2)20-9)22-15(18-19-16(22)23)13-7-12(13)10-3-5-11(17)6-4-10/h3-6,8,12-13H,7H2,1-2H3,(H,19,23). The molecule has 0 spiro atoms. The second-order valence-corrected chi connectivity index (χ2v) is 6.82. The zero-order valence-electron chi connectivity index (χ0n) is 12.8. The van der Waals surface area contributed by atoms with Crippen molar-refractivity contribution in [1.29, 1.82) is 0 Å². The number of H-pyrrole nitrogens is 1. The highest BCUT2D eigenvalue weighted by Crippen LogP contribution is 2.54. The summed E-state index contributed by atoms with van der Waals surface area (Å²) in [4.78, 5) is 0. The van der Waals surface area contributed by atoms with Gasteiger partial charge in [-0.1, -0.05) is 23.7 Å². The molecule has 4 rings (SSSR count). The molecule has 2 atom stereocenters. The summed E-state index contributed by atoms with van der Waals surface area (Å²) < 4.78 is 4.42. The van der Waals surface area contributed by atoms with E-state index in [-0.39, 0.29) is 0 Å². The number of benzene rings is 1. The summed E-state index contributed by atoms with van der Waals surface area (Å²) in [7, 11) is 1.91. The number of rotatable bonds is 3. The van der Waals surface area contributed by atoms with Gasteiger partial charge in [-0.3, -0.25) is 14.3 Å². The van der Waals surface area contributed by atoms with Crippen molar-refractivity contribution in [3.8, 4) is 5.69 Å². The van der Waals surface area contributed by atoms with E-state index in [1.807, 2.05) is 36.9 Å². The number of aromatic amines is 1. The highest BCUT2D eigenvalue weighted by molar-refractivity contribution is 7.71. The van der Waals surface area contributed by atoms with Crippen LogP contribution in [0.4, 0.5) is 0 Å². The lowest BCUT2D eigenvalue weighted by molar-refractivity contribution is 0.756. The third-order valence-electron chi connectivity index (χ3n) is 4.35. The van der Waals surface area contributed by atoms with Gasteiger partial charge in [-0.25, -0.2) is 0 Å². The summed E-state index contributed by atoms with van der Waals surface area (Å²) >= 11 is 11.4. The average Bonchev–Trinajstić information content (AvgIpc) is 3.11. The predicted molar refractivity (Wildman–Crippen MR) is 91.8 cm³/mol. The fourth-order valence-electron chi connectivity index (χ4n) is 3.16. The Morgan fingerprint density at radius 3 is 2.65 bits per heavy atom. The fraction of sp³-hybridized carbons (Fsp3) is 0.312. The van der Waals surface area contributed by atoms with Gasteiger partial charge in [0.1, 0.15) is 5.82 Å². The Labute approximate surface area is 143 Å². The number of halogens is 1. The largest absolute Gasteiger partial charge is 0.273 e. The van der Waals surface area contributed by atoms with E-state index in [1.165, 1.54) is 5.56 Å². The van der Waals surface area contributed by atoms with Crippen LogP contribution in [0.25, 0.3) is 5.69 Å². The lowest BCUT2D eigenvalue weighted by Gasteiger charge is -2.05. The predicted octanol–water partition coefficient (Wildman–Crippen LogP) is 3.90. The number of aryl methyl sites for hydroxylation is 2. The monoisotopic (exact) mass is 345 g/mol. The molecule has 0 amide bonds. The maximum Gasteiger partial charge on any atom is 0.199 e. The molecular formula is C16H16ClN5S. The van der Waals surface area contributed by atoms with E-state index in [4.69, 9.17) is 23.8 Å². The van der Waals surface area contributed by atoms with Crippen molar-refractivity contribution in [2.45, 2.75) is 25.2 Å². The molecule has 1 N–H and O–H groups in total. The molecular weight excluding hydrogens is 330 g/mol. The molecule has 3 aromatic rings. The van der Waals surface area contributed by atoms with Crippen LogP contribution in [0.5, 0.6) is 0 Å². The van der Waals surface area contributed by atoms with E-state index in [0.29, 0.717) is 16.6 Å². The second kappa shape index (κ2) is 5.32. The first kappa shape index (κ1) is 14.7. The Balaban J connectivity index is 1.71. The van der Waals surface area contributed by atoms with Crippen LogP contribution in [-0.4, -0.2) is 24.5 Å². The van der Waals surface area contributed by atoms with Gasteiger partial charge in [-0.15, -0.1) is 0 Å². The van der Waals surface area contributed by atoms with Crippen molar-refractivity contribution in [1.82, 2.24) is 24.5 Å². The zero-order chi connectivity index (χ0) is 16.1. The number of aromatic nitrogens is 5. The SMILES string of the molecule is Cc1nn(C)cc1-n1c(C2CC2c2ccc(Cl)cc2)n[nH]c1=S. The van der Waals surface area contributed by atoms with Crippen LogP contribution in [0.2, 0.25) is 5.02 Å². The maximum atomic E-state index is 5.97. The Morgan fingerprint density at radius 2 is 2.00 bits per heavy atom. The van der Waals surface area contributed by atoms with Crippen LogP contribution in [0.1, 0.15) is 35.3 Å². The van der Waals surface area contributed by atoms with Crippen molar-refractivity contribution in [3.05, 3.63) is 57.3 Å². The Hall–Kier alpha value is -1.92. The summed E-state index contributed by atoms with van der Waals surface area (Å²) in [6.45, 7) is 1.98. The van der Waals surface area contributed by atoms with Crippen molar-refractivity contribution in [2.75, 3.05) is 0 Å². The minimum atomic E-state index is 0.365. The third-order valence-corrected chi connectivity index (χ3v) is 4.87. The molecule has 1 aromatic carbocycles. The van der Waals surface area contributed by atoms with Gasteiger partial charge < -0.3 is 0 Å². The number of nitrogens with zero attached hydrogens (tertiary/aromatic N) is 4. The van der Waals surface area contributed by atoms with Gasteiger partial charge in [-0.05, 0) is 49.2 Å². The van der Waals surface area contributed by atoms with Gasteiger partial charge in [0.05, 0.1) is 11.4 Å². The van der Waals surface area contributed by atoms with Crippen molar-refractivity contribution < 1.29 is 0 Å². The smallest absolute Gasteiger partial charge is 0.199 e. The van der Waals surface area contributed by atoms with Crippen molar-refractivity contribution >= 4 is 23.8 Å². The molecule has 0 aliphatic heterocycles. The molecule has 1 fully saturated rings. The summed E-state index contributed by atoms with van der Waals surface area (Å²) in [6, 6.07) is 8.06. The molecule has 1 saturated carbocycles. The first-order valence-corrected chi connectivity index (χ1v) is 8.26. The lowest BCUT2D eigenvalue weighted by Crippen LogP contribution is -2.01. The van der Waals surface area contributed by atoms with E-state index in [9.17, 15) is 0 Å². The minimum Gasteiger partial charge on any atom is -0.273 e. The van der Waals surface area contributed by atoms with Crippen LogP contribution >= 0.6 is 23.8 Å². The van der Waals surface area contributed by atoms with Crippen LogP contribution in [0, 0.1) is 11.7 Å². The molecule has 2 heterocycles. The number of hydrogen-bond donors (Lipinski definition) is 1. The molecule has 2 aromatic heterocycles. The lowest BCUT2D eigenvalue weighted by atomic mass is 10.1. The van der Waals surface area contributed by atoms with E-state index in [1.54, 1.807) is 4.68 Å². The summed E-state index contributed by atoms with van der Waals surface area (Å²) in [5.41, 5.74) is 3.22. The van der Waals surface area contributed by atoms with Gasteiger partial charge >= 0.3 is 0 Å². The van der Waals surface area contributed by atoms with E-state index >= 15 is 0 Å². The minimum absolute atomic E-state index is 0.365. The van der Waals surface area contributed by atoms with Gasteiger partial charge in [0.15, 0.2) is 4.77 Å². The first-order chi connectivity index (χ1) is 11.0. The van der Waals surface area contributed by atoms with Gasteiger partial charge in [0.2, 0.25) is 0 Å². The molecule has 2 unspecified atom stereocenters. The topological polar surface area (TPSA) is 51.4 Å². The first-order valence-electron chi connectivity index (χ1n) is 7.48. The van der Waals surface area contributed by atoms with Crippen LogP contribution in [0.15, 0.2) is 30.5 Å². The van der Waals surface area contributed by atoms with E-state index in [2.05, 4.69) is 27.4 Å². The molecule has 0 radical (unpaired) electrons. The Morgan fingerprint density at radius 1 is 1.26 bits per heavy atom. The van der Waals surface area contributed by atoms with Crippen LogP contribution < -0.4 is 0 Å². The van der Waals surface area contributed by atoms with Crippen LogP contribution in [-0.2, 0) is 7.05 Å². The molecule has 0 saturated heterocycles. The summed E-state index contributed by atoms with van der Waals surface area (Å²) in [5.74, 6) is 1.81. The normalized spacial score (nSPS) is 20.0. The van der Waals surface area contributed by atoms with E-state index in [0.717, 1.165) is 28.6 Å². The average molecular weight is 346 g/mol. The van der Waals surface area contributed by atoms with E-state index < -0.39 is 0 Å².